The van der Waals surface area contributed by atoms with Crippen molar-refractivity contribution in [3.05, 3.63) is 29.3 Å². The third-order valence-electron chi connectivity index (χ3n) is 4.70. The van der Waals surface area contributed by atoms with Gasteiger partial charge in [0.2, 0.25) is 10.0 Å². The van der Waals surface area contributed by atoms with Crippen LogP contribution < -0.4 is 4.72 Å². The fourth-order valence-corrected chi connectivity index (χ4v) is 4.70. The van der Waals surface area contributed by atoms with Crippen molar-refractivity contribution in [2.45, 2.75) is 43.5 Å². The first-order valence-corrected chi connectivity index (χ1v) is 8.86. The molecule has 0 radical (unpaired) electrons. The van der Waals surface area contributed by atoms with Crippen molar-refractivity contribution < 1.29 is 21.9 Å². The number of rotatable bonds is 3. The van der Waals surface area contributed by atoms with Gasteiger partial charge in [0.15, 0.2) is 4.90 Å². The molecule has 1 saturated carbocycles. The van der Waals surface area contributed by atoms with Crippen LogP contribution in [0.15, 0.2) is 17.0 Å². The Hall–Kier alpha value is -1.05. The Morgan fingerprint density at radius 1 is 1.23 bits per heavy atom. The lowest BCUT2D eigenvalue weighted by Crippen LogP contribution is -2.49. The lowest BCUT2D eigenvalue weighted by molar-refractivity contribution is -0.132. The van der Waals surface area contributed by atoms with Crippen molar-refractivity contribution in [1.82, 2.24) is 4.72 Å². The molecule has 122 valence electrons. The Bertz CT molecular complexity index is 676. The molecule has 1 aliphatic carbocycles. The van der Waals surface area contributed by atoms with Gasteiger partial charge >= 0.3 is 0 Å². The number of aryl methyl sites for hydroxylation is 1. The summed E-state index contributed by atoms with van der Waals surface area (Å²) in [6.07, 6.45) is 3.08. The third-order valence-corrected chi connectivity index (χ3v) is 6.25. The van der Waals surface area contributed by atoms with Crippen molar-refractivity contribution in [3.63, 3.8) is 0 Å². The molecule has 0 aromatic heterocycles. The van der Waals surface area contributed by atoms with Crippen LogP contribution in [0.4, 0.5) is 8.78 Å². The highest BCUT2D eigenvalue weighted by Crippen LogP contribution is 2.42. The molecule has 1 aliphatic heterocycles. The summed E-state index contributed by atoms with van der Waals surface area (Å²) >= 11 is 0. The second kappa shape index (κ2) is 5.54. The van der Waals surface area contributed by atoms with E-state index >= 15 is 0 Å². The van der Waals surface area contributed by atoms with E-state index in [0.29, 0.717) is 12.8 Å². The predicted octanol–water partition coefficient (Wildman–Crippen LogP) is 2.51. The highest BCUT2D eigenvalue weighted by atomic mass is 32.2. The van der Waals surface area contributed by atoms with Crippen LogP contribution in [0.3, 0.4) is 0 Å². The number of hydrogen-bond acceptors (Lipinski definition) is 3. The SMILES string of the molecule is Cc1ccc(F)c(S(=O)(=O)NC2CCC3(CC2)COC3)c1F. The molecule has 1 aromatic carbocycles. The van der Waals surface area contributed by atoms with E-state index in [2.05, 4.69) is 4.72 Å². The quantitative estimate of drug-likeness (QED) is 0.926. The molecule has 0 atom stereocenters. The van der Waals surface area contributed by atoms with Crippen LogP contribution in [0.2, 0.25) is 0 Å². The summed E-state index contributed by atoms with van der Waals surface area (Å²) in [6, 6.07) is 1.93. The van der Waals surface area contributed by atoms with Crippen molar-refractivity contribution in [3.8, 4) is 0 Å². The fraction of sp³-hybridized carbons (Fsp3) is 0.600. The van der Waals surface area contributed by atoms with E-state index in [9.17, 15) is 17.2 Å². The van der Waals surface area contributed by atoms with Gasteiger partial charge in [0.25, 0.3) is 0 Å². The van der Waals surface area contributed by atoms with Crippen LogP contribution in [0, 0.1) is 24.0 Å². The van der Waals surface area contributed by atoms with Crippen LogP contribution in [0.25, 0.3) is 0 Å². The molecule has 1 saturated heterocycles. The number of ether oxygens (including phenoxy) is 1. The molecule has 1 spiro atoms. The topological polar surface area (TPSA) is 55.4 Å². The highest BCUT2D eigenvalue weighted by Gasteiger charge is 2.42. The maximum atomic E-state index is 14.0. The normalized spacial score (nSPS) is 21.8. The summed E-state index contributed by atoms with van der Waals surface area (Å²) in [5, 5.41) is 0. The molecule has 1 N–H and O–H groups in total. The number of sulfonamides is 1. The molecule has 1 aromatic rings. The minimum atomic E-state index is -4.20. The van der Waals surface area contributed by atoms with Gasteiger partial charge in [-0.05, 0) is 44.2 Å². The minimum Gasteiger partial charge on any atom is -0.380 e. The number of halogens is 2. The molecule has 0 amide bonds. The van der Waals surface area contributed by atoms with Gasteiger partial charge in [0.1, 0.15) is 11.6 Å². The zero-order valence-corrected chi connectivity index (χ0v) is 13.2. The van der Waals surface area contributed by atoms with Gasteiger partial charge in [0.05, 0.1) is 13.2 Å². The zero-order chi connectivity index (χ0) is 16.0. The van der Waals surface area contributed by atoms with Gasteiger partial charge in [0, 0.05) is 11.5 Å². The average molecular weight is 331 g/mol. The van der Waals surface area contributed by atoms with Gasteiger partial charge in [-0.1, -0.05) is 6.07 Å². The van der Waals surface area contributed by atoms with Crippen molar-refractivity contribution in [1.29, 1.82) is 0 Å². The highest BCUT2D eigenvalue weighted by molar-refractivity contribution is 7.89. The Morgan fingerprint density at radius 3 is 2.41 bits per heavy atom. The summed E-state index contributed by atoms with van der Waals surface area (Å²) in [4.78, 5) is -0.875. The van der Waals surface area contributed by atoms with Gasteiger partial charge in [-0.15, -0.1) is 0 Å². The fourth-order valence-electron chi connectivity index (χ4n) is 3.18. The summed E-state index contributed by atoms with van der Waals surface area (Å²) in [7, 11) is -4.20. The molecule has 4 nitrogen and oxygen atoms in total. The molecule has 7 heteroatoms. The Morgan fingerprint density at radius 2 is 1.86 bits per heavy atom. The second-order valence-corrected chi connectivity index (χ2v) is 8.05. The summed E-state index contributed by atoms with van der Waals surface area (Å²) < 4.78 is 60.1. The number of benzene rings is 1. The van der Waals surface area contributed by atoms with E-state index in [4.69, 9.17) is 4.74 Å². The van der Waals surface area contributed by atoms with E-state index < -0.39 is 26.6 Å². The van der Waals surface area contributed by atoms with E-state index in [1.165, 1.54) is 13.0 Å². The molecular weight excluding hydrogens is 312 g/mol. The van der Waals surface area contributed by atoms with Crippen molar-refractivity contribution in [2.24, 2.45) is 5.41 Å². The van der Waals surface area contributed by atoms with Crippen LogP contribution in [-0.2, 0) is 14.8 Å². The molecule has 2 aliphatic rings. The third kappa shape index (κ3) is 2.77. The zero-order valence-electron chi connectivity index (χ0n) is 12.4. The Kier molecular flexibility index (Phi) is 3.99. The van der Waals surface area contributed by atoms with Crippen LogP contribution >= 0.6 is 0 Å². The molecule has 0 unspecified atom stereocenters. The number of hydrogen-bond donors (Lipinski definition) is 1. The van der Waals surface area contributed by atoms with E-state index in [1.807, 2.05) is 0 Å². The van der Waals surface area contributed by atoms with Crippen molar-refractivity contribution >= 4 is 10.0 Å². The van der Waals surface area contributed by atoms with Gasteiger partial charge < -0.3 is 4.74 Å². The Labute approximate surface area is 128 Å². The number of nitrogens with one attached hydrogen (secondary N) is 1. The van der Waals surface area contributed by atoms with Crippen LogP contribution in [0.5, 0.6) is 0 Å². The van der Waals surface area contributed by atoms with E-state index in [-0.39, 0.29) is 17.0 Å². The smallest absolute Gasteiger partial charge is 0.246 e. The van der Waals surface area contributed by atoms with Gasteiger partial charge in [-0.3, -0.25) is 0 Å². The molecule has 22 heavy (non-hydrogen) atoms. The standard InChI is InChI=1S/C15H19F2NO3S/c1-10-2-3-12(16)14(13(10)17)22(19,20)18-11-4-6-15(7-5-11)8-21-9-15/h2-3,11,18H,4-9H2,1H3. The largest absolute Gasteiger partial charge is 0.380 e. The monoisotopic (exact) mass is 331 g/mol. The van der Waals surface area contributed by atoms with Gasteiger partial charge in [-0.25, -0.2) is 21.9 Å². The Balaban J connectivity index is 1.76. The first kappa shape index (κ1) is 15.8. The average Bonchev–Trinajstić information content (AvgIpc) is 2.42. The molecular formula is C15H19F2NO3S. The summed E-state index contributed by atoms with van der Waals surface area (Å²) in [5.74, 6) is -2.08. The summed E-state index contributed by atoms with van der Waals surface area (Å²) in [6.45, 7) is 2.87. The maximum Gasteiger partial charge on any atom is 0.246 e. The molecule has 3 rings (SSSR count). The molecule has 2 fully saturated rings. The first-order valence-electron chi connectivity index (χ1n) is 7.38. The minimum absolute atomic E-state index is 0.107. The van der Waals surface area contributed by atoms with Gasteiger partial charge in [-0.2, -0.15) is 0 Å². The van der Waals surface area contributed by atoms with Crippen LogP contribution in [-0.4, -0.2) is 27.7 Å². The summed E-state index contributed by atoms with van der Waals surface area (Å²) in [5.41, 5.74) is 0.304. The lowest BCUT2D eigenvalue weighted by Gasteiger charge is -2.46. The molecule has 1 heterocycles. The van der Waals surface area contributed by atoms with E-state index in [0.717, 1.165) is 32.1 Å². The van der Waals surface area contributed by atoms with Crippen molar-refractivity contribution in [2.75, 3.05) is 13.2 Å². The second-order valence-electron chi connectivity index (χ2n) is 6.40. The molecule has 0 bridgehead atoms. The van der Waals surface area contributed by atoms with E-state index in [1.54, 1.807) is 0 Å². The first-order chi connectivity index (χ1) is 10.3. The van der Waals surface area contributed by atoms with Crippen LogP contribution in [0.1, 0.15) is 31.2 Å². The maximum absolute atomic E-state index is 14.0. The lowest BCUT2D eigenvalue weighted by atomic mass is 9.71. The predicted molar refractivity (Wildman–Crippen MR) is 76.9 cm³/mol.